The van der Waals surface area contributed by atoms with Crippen LogP contribution in [0.15, 0.2) is 48.5 Å². The van der Waals surface area contributed by atoms with E-state index in [2.05, 4.69) is 8.75 Å². The maximum Gasteiger partial charge on any atom is 0.266 e. The molecule has 1 aliphatic rings. The Morgan fingerprint density at radius 2 is 1.56 bits per heavy atom. The molecule has 0 saturated carbocycles. The molecule has 0 N–H and O–H groups in total. The first-order chi connectivity index (χ1) is 12.2. The lowest BCUT2D eigenvalue weighted by Gasteiger charge is -2.28. The van der Waals surface area contributed by atoms with Gasteiger partial charge in [0.15, 0.2) is 0 Å². The molecule has 5 nitrogen and oxygen atoms in total. The average Bonchev–Trinajstić information content (AvgIpc) is 3.10. The van der Waals surface area contributed by atoms with Crippen molar-refractivity contribution in [2.45, 2.75) is 6.92 Å². The van der Waals surface area contributed by atoms with Gasteiger partial charge in [-0.15, -0.1) is 0 Å². The average molecular weight is 345 g/mol. The van der Waals surface area contributed by atoms with Crippen LogP contribution in [0.25, 0.3) is 21.8 Å². The predicted octanol–water partition coefficient (Wildman–Crippen LogP) is 3.95. The summed E-state index contributed by atoms with van der Waals surface area (Å²) in [5.74, 6) is -0.643. The number of rotatable bonds is 1. The van der Waals surface area contributed by atoms with Crippen molar-refractivity contribution in [3.8, 4) is 0 Å². The summed E-state index contributed by atoms with van der Waals surface area (Å²) in [5.41, 5.74) is 3.67. The van der Waals surface area contributed by atoms with E-state index in [9.17, 15) is 9.59 Å². The number of nitrogens with zero attached hydrogens (tertiary/aromatic N) is 3. The first-order valence-corrected chi connectivity index (χ1v) is 8.52. The molecular formula is C19H11N3O2S. The van der Waals surface area contributed by atoms with Gasteiger partial charge in [0.05, 0.1) is 17.4 Å². The lowest BCUT2D eigenvalue weighted by atomic mass is 9.93. The van der Waals surface area contributed by atoms with Crippen LogP contribution in [-0.2, 0) is 0 Å². The third kappa shape index (κ3) is 1.82. The summed E-state index contributed by atoms with van der Waals surface area (Å²) in [7, 11) is 0. The number of hydrogen-bond acceptors (Lipinski definition) is 5. The Bertz CT molecular complexity index is 1160. The minimum atomic E-state index is -0.321. The number of hydrogen-bond donors (Lipinski definition) is 0. The van der Waals surface area contributed by atoms with Gasteiger partial charge in [0.25, 0.3) is 11.8 Å². The molecule has 3 aromatic carbocycles. The molecule has 0 aliphatic carbocycles. The molecule has 0 spiro atoms. The van der Waals surface area contributed by atoms with Crippen molar-refractivity contribution in [3.63, 3.8) is 0 Å². The fraction of sp³-hybridized carbons (Fsp3) is 0.0526. The number of aryl methyl sites for hydroxylation is 1. The van der Waals surface area contributed by atoms with Crippen molar-refractivity contribution < 1.29 is 9.59 Å². The Morgan fingerprint density at radius 3 is 2.24 bits per heavy atom. The van der Waals surface area contributed by atoms with Crippen molar-refractivity contribution in [1.29, 1.82) is 0 Å². The van der Waals surface area contributed by atoms with Crippen LogP contribution in [0.5, 0.6) is 0 Å². The lowest BCUT2D eigenvalue weighted by Crippen LogP contribution is -2.41. The SMILES string of the molecule is Cc1ccc2nsnc2c1N1C(=O)c2cccc3cccc(c23)C1=O. The molecule has 0 atom stereocenters. The number of fused-ring (bicyclic) bond motifs is 1. The van der Waals surface area contributed by atoms with Gasteiger partial charge in [-0.2, -0.15) is 8.75 Å². The first kappa shape index (κ1) is 14.2. The van der Waals surface area contributed by atoms with Gasteiger partial charge in [0.1, 0.15) is 11.0 Å². The zero-order valence-corrected chi connectivity index (χ0v) is 14.0. The third-order valence-corrected chi connectivity index (χ3v) is 5.14. The Kier molecular flexibility index (Phi) is 2.81. The van der Waals surface area contributed by atoms with Gasteiger partial charge >= 0.3 is 0 Å². The number of benzene rings is 3. The zero-order valence-electron chi connectivity index (χ0n) is 13.2. The van der Waals surface area contributed by atoms with E-state index < -0.39 is 0 Å². The van der Waals surface area contributed by atoms with Gasteiger partial charge in [-0.05, 0) is 36.1 Å². The van der Waals surface area contributed by atoms with Gasteiger partial charge in [-0.25, -0.2) is 4.90 Å². The van der Waals surface area contributed by atoms with Crippen LogP contribution in [0.4, 0.5) is 5.69 Å². The van der Waals surface area contributed by atoms with Crippen LogP contribution in [0, 0.1) is 6.92 Å². The van der Waals surface area contributed by atoms with Gasteiger partial charge < -0.3 is 0 Å². The highest BCUT2D eigenvalue weighted by Gasteiger charge is 2.35. The number of aromatic nitrogens is 2. The molecule has 2 amide bonds. The Morgan fingerprint density at radius 1 is 0.880 bits per heavy atom. The number of anilines is 1. The second-order valence-corrected chi connectivity index (χ2v) is 6.55. The predicted molar refractivity (Wildman–Crippen MR) is 97.2 cm³/mol. The number of amides is 2. The largest absolute Gasteiger partial charge is 0.268 e. The van der Waals surface area contributed by atoms with E-state index in [0.29, 0.717) is 27.8 Å². The molecular weight excluding hydrogens is 334 g/mol. The number of carbonyl (C=O) groups excluding carboxylic acids is 2. The monoisotopic (exact) mass is 345 g/mol. The van der Waals surface area contributed by atoms with Gasteiger partial charge in [-0.3, -0.25) is 9.59 Å². The minimum absolute atomic E-state index is 0.321. The smallest absolute Gasteiger partial charge is 0.266 e. The highest BCUT2D eigenvalue weighted by atomic mass is 32.1. The first-order valence-electron chi connectivity index (χ1n) is 7.79. The maximum atomic E-state index is 13.2. The summed E-state index contributed by atoms with van der Waals surface area (Å²) in [6.45, 7) is 1.87. The summed E-state index contributed by atoms with van der Waals surface area (Å²) < 4.78 is 8.54. The van der Waals surface area contributed by atoms with E-state index in [-0.39, 0.29) is 11.8 Å². The Labute approximate surface area is 146 Å². The topological polar surface area (TPSA) is 63.2 Å². The van der Waals surface area contributed by atoms with Gasteiger partial charge in [-0.1, -0.05) is 30.3 Å². The minimum Gasteiger partial charge on any atom is -0.268 e. The molecule has 0 unspecified atom stereocenters. The summed E-state index contributed by atoms with van der Waals surface area (Å²) in [6, 6.07) is 14.7. The van der Waals surface area contributed by atoms with E-state index in [1.165, 1.54) is 4.90 Å². The molecule has 1 aromatic heterocycles. The van der Waals surface area contributed by atoms with E-state index >= 15 is 0 Å². The number of imide groups is 1. The van der Waals surface area contributed by atoms with E-state index in [4.69, 9.17) is 0 Å². The highest BCUT2D eigenvalue weighted by molar-refractivity contribution is 7.00. The zero-order chi connectivity index (χ0) is 17.1. The molecule has 0 saturated heterocycles. The molecule has 6 heteroatoms. The standard InChI is InChI=1S/C19H11N3O2S/c1-10-8-9-14-16(21-25-20-14)17(10)22-18(23)12-6-2-4-11-5-3-7-13(15(11)12)19(22)24/h2-9H,1H3. The molecule has 1 aliphatic heterocycles. The highest BCUT2D eigenvalue weighted by Crippen LogP contribution is 2.37. The summed E-state index contributed by atoms with van der Waals surface area (Å²) >= 11 is 1.07. The molecule has 25 heavy (non-hydrogen) atoms. The van der Waals surface area contributed by atoms with E-state index in [1.807, 2.05) is 43.3 Å². The summed E-state index contributed by atoms with van der Waals surface area (Å²) in [6.07, 6.45) is 0. The Hall–Kier alpha value is -3.12. The van der Waals surface area contributed by atoms with Crippen molar-refractivity contribution in [3.05, 3.63) is 65.2 Å². The molecule has 0 fully saturated rings. The normalized spacial score (nSPS) is 13.9. The van der Waals surface area contributed by atoms with Crippen LogP contribution in [-0.4, -0.2) is 20.6 Å². The van der Waals surface area contributed by atoms with Crippen molar-refractivity contribution in [2.75, 3.05) is 4.90 Å². The van der Waals surface area contributed by atoms with Crippen LogP contribution >= 0.6 is 11.7 Å². The van der Waals surface area contributed by atoms with Crippen LogP contribution in [0.1, 0.15) is 26.3 Å². The fourth-order valence-electron chi connectivity index (χ4n) is 3.45. The molecule has 0 bridgehead atoms. The summed E-state index contributed by atoms with van der Waals surface area (Å²) in [4.78, 5) is 27.6. The molecule has 2 heterocycles. The summed E-state index contributed by atoms with van der Waals surface area (Å²) in [5, 5.41) is 1.61. The third-order valence-electron chi connectivity index (χ3n) is 4.60. The van der Waals surface area contributed by atoms with Gasteiger partial charge in [0, 0.05) is 16.5 Å². The van der Waals surface area contributed by atoms with Crippen LogP contribution in [0.3, 0.4) is 0 Å². The second-order valence-electron chi connectivity index (χ2n) is 6.02. The van der Waals surface area contributed by atoms with E-state index in [0.717, 1.165) is 28.1 Å². The molecule has 0 radical (unpaired) electrons. The Balaban J connectivity index is 1.85. The molecule has 5 rings (SSSR count). The lowest BCUT2D eigenvalue weighted by molar-refractivity contribution is 0.0893. The van der Waals surface area contributed by atoms with E-state index in [1.54, 1.807) is 12.1 Å². The maximum absolute atomic E-state index is 13.2. The second kappa shape index (κ2) is 4.94. The fourth-order valence-corrected chi connectivity index (χ4v) is 3.99. The molecule has 120 valence electrons. The quantitative estimate of drug-likeness (QED) is 0.490. The van der Waals surface area contributed by atoms with Crippen molar-refractivity contribution >= 4 is 51.0 Å². The molecule has 4 aromatic rings. The number of carbonyl (C=O) groups is 2. The van der Waals surface area contributed by atoms with Gasteiger partial charge in [0.2, 0.25) is 0 Å². The van der Waals surface area contributed by atoms with Crippen LogP contribution < -0.4 is 4.90 Å². The van der Waals surface area contributed by atoms with Crippen molar-refractivity contribution in [1.82, 2.24) is 8.75 Å². The van der Waals surface area contributed by atoms with Crippen LogP contribution in [0.2, 0.25) is 0 Å². The van der Waals surface area contributed by atoms with Crippen molar-refractivity contribution in [2.24, 2.45) is 0 Å².